The fraction of sp³-hybridized carbons (Fsp3) is 0.500. The van der Waals surface area contributed by atoms with Crippen molar-refractivity contribution in [2.75, 3.05) is 11.6 Å². The van der Waals surface area contributed by atoms with Crippen molar-refractivity contribution in [3.63, 3.8) is 0 Å². The highest BCUT2D eigenvalue weighted by Gasteiger charge is 2.12. The van der Waals surface area contributed by atoms with E-state index in [0.717, 1.165) is 23.5 Å². The molecule has 1 rings (SSSR count). The van der Waals surface area contributed by atoms with E-state index in [1.54, 1.807) is 30.0 Å². The zero-order valence-electron chi connectivity index (χ0n) is 9.77. The van der Waals surface area contributed by atoms with Crippen molar-refractivity contribution in [3.05, 3.63) is 34.4 Å². The number of nitrogens with zero attached hydrogens (tertiary/aromatic N) is 1. The SMILES string of the molecule is CC(CCCl)CCSc1ccccc1[N+](=O)[O-]. The molecule has 5 heteroatoms. The van der Waals surface area contributed by atoms with Gasteiger partial charge in [0.1, 0.15) is 0 Å². The second-order valence-electron chi connectivity index (χ2n) is 3.94. The Morgan fingerprint density at radius 1 is 1.41 bits per heavy atom. The monoisotopic (exact) mass is 273 g/mol. The largest absolute Gasteiger partial charge is 0.282 e. The molecule has 17 heavy (non-hydrogen) atoms. The standard InChI is InChI=1S/C12H16ClNO2S/c1-10(6-8-13)7-9-17-12-5-3-2-4-11(12)14(15)16/h2-5,10H,6-9H2,1H3. The summed E-state index contributed by atoms with van der Waals surface area (Å²) in [5, 5.41) is 10.8. The molecule has 1 unspecified atom stereocenters. The quantitative estimate of drug-likeness (QED) is 0.321. The van der Waals surface area contributed by atoms with Gasteiger partial charge in [0.05, 0.1) is 9.82 Å². The van der Waals surface area contributed by atoms with E-state index in [0.29, 0.717) is 11.8 Å². The van der Waals surface area contributed by atoms with Gasteiger partial charge in [-0.3, -0.25) is 10.1 Å². The van der Waals surface area contributed by atoms with Gasteiger partial charge in [-0.25, -0.2) is 0 Å². The molecular weight excluding hydrogens is 258 g/mol. The first-order valence-electron chi connectivity index (χ1n) is 5.57. The van der Waals surface area contributed by atoms with Crippen LogP contribution in [0, 0.1) is 16.0 Å². The molecule has 0 aliphatic heterocycles. The van der Waals surface area contributed by atoms with Gasteiger partial charge in [0.15, 0.2) is 0 Å². The predicted molar refractivity (Wildman–Crippen MR) is 72.9 cm³/mol. The van der Waals surface area contributed by atoms with Gasteiger partial charge < -0.3 is 0 Å². The molecule has 0 spiro atoms. The average Bonchev–Trinajstić information content (AvgIpc) is 2.30. The number of para-hydroxylation sites is 1. The van der Waals surface area contributed by atoms with Crippen LogP contribution in [0.4, 0.5) is 5.69 Å². The van der Waals surface area contributed by atoms with Gasteiger partial charge in [-0.2, -0.15) is 0 Å². The predicted octanol–water partition coefficient (Wildman–Crippen LogP) is 4.34. The van der Waals surface area contributed by atoms with Gasteiger partial charge in [-0.1, -0.05) is 19.1 Å². The number of nitro groups is 1. The molecule has 0 aliphatic rings. The van der Waals surface area contributed by atoms with E-state index in [1.165, 1.54) is 0 Å². The Labute approximate surface area is 111 Å². The molecular formula is C12H16ClNO2S. The maximum atomic E-state index is 10.8. The van der Waals surface area contributed by atoms with Gasteiger partial charge in [0, 0.05) is 11.9 Å². The van der Waals surface area contributed by atoms with Crippen LogP contribution in [0.3, 0.4) is 0 Å². The summed E-state index contributed by atoms with van der Waals surface area (Å²) in [5.74, 6) is 2.14. The van der Waals surface area contributed by atoms with Crippen LogP contribution in [0.2, 0.25) is 0 Å². The van der Waals surface area contributed by atoms with Crippen molar-refractivity contribution < 1.29 is 4.92 Å². The highest BCUT2D eigenvalue weighted by Crippen LogP contribution is 2.29. The van der Waals surface area contributed by atoms with Gasteiger partial charge >= 0.3 is 0 Å². The molecule has 1 aromatic carbocycles. The van der Waals surface area contributed by atoms with Crippen molar-refractivity contribution in [2.24, 2.45) is 5.92 Å². The van der Waals surface area contributed by atoms with Gasteiger partial charge in [0.25, 0.3) is 5.69 Å². The van der Waals surface area contributed by atoms with Crippen LogP contribution in [-0.2, 0) is 0 Å². The summed E-state index contributed by atoms with van der Waals surface area (Å²) in [7, 11) is 0. The third kappa shape index (κ3) is 4.96. The zero-order chi connectivity index (χ0) is 12.7. The van der Waals surface area contributed by atoms with Gasteiger partial charge in [0.2, 0.25) is 0 Å². The molecule has 1 aromatic rings. The third-order valence-electron chi connectivity index (χ3n) is 2.53. The number of halogens is 1. The average molecular weight is 274 g/mol. The first-order valence-corrected chi connectivity index (χ1v) is 7.09. The van der Waals surface area contributed by atoms with Crippen LogP contribution in [0.1, 0.15) is 19.8 Å². The second-order valence-corrected chi connectivity index (χ2v) is 5.46. The molecule has 0 heterocycles. The van der Waals surface area contributed by atoms with Crippen LogP contribution >= 0.6 is 23.4 Å². The Hall–Kier alpha value is -0.740. The topological polar surface area (TPSA) is 43.1 Å². The summed E-state index contributed by atoms with van der Waals surface area (Å²) in [4.78, 5) is 11.2. The lowest BCUT2D eigenvalue weighted by molar-refractivity contribution is -0.387. The molecule has 0 fully saturated rings. The highest BCUT2D eigenvalue weighted by atomic mass is 35.5. The Morgan fingerprint density at radius 2 is 2.12 bits per heavy atom. The molecule has 0 radical (unpaired) electrons. The third-order valence-corrected chi connectivity index (χ3v) is 3.85. The summed E-state index contributed by atoms with van der Waals surface area (Å²) in [6.07, 6.45) is 2.03. The van der Waals surface area contributed by atoms with Crippen molar-refractivity contribution >= 4 is 29.1 Å². The van der Waals surface area contributed by atoms with Gasteiger partial charge in [-0.15, -0.1) is 23.4 Å². The minimum Gasteiger partial charge on any atom is -0.258 e. The Kier molecular flexibility index (Phi) is 6.37. The zero-order valence-corrected chi connectivity index (χ0v) is 11.3. The fourth-order valence-electron chi connectivity index (χ4n) is 1.43. The molecule has 0 saturated heterocycles. The maximum Gasteiger partial charge on any atom is 0.282 e. The Balaban J connectivity index is 2.49. The summed E-state index contributed by atoms with van der Waals surface area (Å²) in [6.45, 7) is 2.16. The molecule has 0 aliphatic carbocycles. The number of nitro benzene ring substituents is 1. The number of hydrogen-bond donors (Lipinski definition) is 0. The molecule has 3 nitrogen and oxygen atoms in total. The molecule has 1 atom stereocenters. The van der Waals surface area contributed by atoms with E-state index in [9.17, 15) is 10.1 Å². The van der Waals surface area contributed by atoms with Crippen LogP contribution in [0.5, 0.6) is 0 Å². The number of alkyl halides is 1. The van der Waals surface area contributed by atoms with Crippen LogP contribution in [0.15, 0.2) is 29.2 Å². The minimum atomic E-state index is -0.329. The minimum absolute atomic E-state index is 0.197. The fourth-order valence-corrected chi connectivity index (χ4v) is 3.01. The molecule has 0 amide bonds. The van der Waals surface area contributed by atoms with E-state index in [2.05, 4.69) is 6.92 Å². The van der Waals surface area contributed by atoms with E-state index >= 15 is 0 Å². The second kappa shape index (κ2) is 7.56. The number of thioether (sulfide) groups is 1. The lowest BCUT2D eigenvalue weighted by atomic mass is 10.1. The maximum absolute atomic E-state index is 10.8. The first kappa shape index (κ1) is 14.3. The summed E-state index contributed by atoms with van der Waals surface area (Å²) >= 11 is 7.21. The summed E-state index contributed by atoms with van der Waals surface area (Å²) in [6, 6.07) is 6.87. The van der Waals surface area contributed by atoms with Crippen molar-refractivity contribution in [1.29, 1.82) is 0 Å². The van der Waals surface area contributed by atoms with E-state index in [-0.39, 0.29) is 10.6 Å². The normalized spacial score (nSPS) is 12.4. The van der Waals surface area contributed by atoms with Crippen LogP contribution in [0.25, 0.3) is 0 Å². The number of hydrogen-bond acceptors (Lipinski definition) is 3. The van der Waals surface area contributed by atoms with E-state index in [1.807, 2.05) is 6.07 Å². The highest BCUT2D eigenvalue weighted by molar-refractivity contribution is 7.99. The molecule has 0 N–H and O–H groups in total. The first-order chi connectivity index (χ1) is 8.15. The van der Waals surface area contributed by atoms with Crippen molar-refractivity contribution in [2.45, 2.75) is 24.7 Å². The van der Waals surface area contributed by atoms with Crippen molar-refractivity contribution in [3.8, 4) is 0 Å². The Morgan fingerprint density at radius 3 is 2.76 bits per heavy atom. The van der Waals surface area contributed by atoms with Crippen molar-refractivity contribution in [1.82, 2.24) is 0 Å². The number of rotatable bonds is 7. The summed E-state index contributed by atoms with van der Waals surface area (Å²) in [5.41, 5.74) is 0.197. The molecule has 0 aromatic heterocycles. The molecule has 0 saturated carbocycles. The van der Waals surface area contributed by atoms with E-state index in [4.69, 9.17) is 11.6 Å². The number of benzene rings is 1. The van der Waals surface area contributed by atoms with Gasteiger partial charge in [-0.05, 0) is 30.6 Å². The van der Waals surface area contributed by atoms with Crippen LogP contribution in [-0.4, -0.2) is 16.6 Å². The van der Waals surface area contributed by atoms with E-state index < -0.39 is 0 Å². The Bertz CT molecular complexity index is 373. The lowest BCUT2D eigenvalue weighted by Gasteiger charge is -2.08. The molecule has 0 bridgehead atoms. The van der Waals surface area contributed by atoms with Crippen LogP contribution < -0.4 is 0 Å². The summed E-state index contributed by atoms with van der Waals surface area (Å²) < 4.78 is 0. The lowest BCUT2D eigenvalue weighted by Crippen LogP contribution is -1.98. The smallest absolute Gasteiger partial charge is 0.258 e. The molecule has 94 valence electrons.